The van der Waals surface area contributed by atoms with Crippen molar-refractivity contribution >= 4 is 34.3 Å². The maximum absolute atomic E-state index is 5.54. The van der Waals surface area contributed by atoms with E-state index in [2.05, 4.69) is 124 Å². The standard InChI is InChI=1S/C40H37N5O2/c1-3-7-29(8-4-1)35-27-37(31-11-15-33(16-12-31)44-19-23-46-24-20-44)41-39(35)43-40-36(30-9-5-2-6-10-30)28-38(42-40)32-13-17-34(18-14-32)45-21-25-47-26-22-45/h1-18,27-28,41H,19-26H2/b43-40-. The molecule has 8 rings (SSSR count). The summed E-state index contributed by atoms with van der Waals surface area (Å²) in [5.74, 6) is 1.48. The van der Waals surface area contributed by atoms with Gasteiger partial charge in [0.15, 0.2) is 5.84 Å². The Bertz CT molecular complexity index is 1910. The van der Waals surface area contributed by atoms with Gasteiger partial charge < -0.3 is 24.3 Å². The monoisotopic (exact) mass is 619 g/mol. The van der Waals surface area contributed by atoms with Crippen molar-refractivity contribution in [2.75, 3.05) is 62.4 Å². The molecule has 2 fully saturated rings. The normalized spacial score (nSPS) is 17.6. The molecule has 0 amide bonds. The molecule has 3 aliphatic heterocycles. The number of hydrogen-bond donors (Lipinski definition) is 1. The molecule has 2 saturated heterocycles. The first kappa shape index (κ1) is 29.2. The molecule has 0 saturated carbocycles. The van der Waals surface area contributed by atoms with Crippen molar-refractivity contribution in [1.82, 2.24) is 4.98 Å². The van der Waals surface area contributed by atoms with E-state index in [0.717, 1.165) is 103 Å². The van der Waals surface area contributed by atoms with Crippen LogP contribution in [0.25, 0.3) is 28.0 Å². The minimum absolute atomic E-state index is 0.691. The second kappa shape index (κ2) is 13.2. The number of anilines is 2. The average molecular weight is 620 g/mol. The molecule has 1 N–H and O–H groups in total. The van der Waals surface area contributed by atoms with Gasteiger partial charge in [-0.25, -0.2) is 9.98 Å². The van der Waals surface area contributed by atoms with Crippen molar-refractivity contribution in [2.24, 2.45) is 9.98 Å². The molecule has 0 aliphatic carbocycles. The second-order valence-corrected chi connectivity index (χ2v) is 12.0. The van der Waals surface area contributed by atoms with Crippen LogP contribution in [0.4, 0.5) is 17.2 Å². The van der Waals surface area contributed by atoms with Gasteiger partial charge in [-0.15, -0.1) is 0 Å². The first-order valence-electron chi connectivity index (χ1n) is 16.4. The van der Waals surface area contributed by atoms with Gasteiger partial charge in [0.1, 0.15) is 5.82 Å². The van der Waals surface area contributed by atoms with E-state index in [9.17, 15) is 0 Å². The van der Waals surface area contributed by atoms with Gasteiger partial charge in [-0.3, -0.25) is 0 Å². The van der Waals surface area contributed by atoms with Crippen LogP contribution in [0.2, 0.25) is 0 Å². The van der Waals surface area contributed by atoms with Crippen LogP contribution in [0.1, 0.15) is 11.1 Å². The number of benzene rings is 4. The fourth-order valence-electron chi connectivity index (χ4n) is 6.44. The third kappa shape index (κ3) is 6.28. The number of allylic oxidation sites excluding steroid dienone is 1. The van der Waals surface area contributed by atoms with Gasteiger partial charge in [-0.05, 0) is 53.1 Å². The van der Waals surface area contributed by atoms with Crippen LogP contribution in [0.5, 0.6) is 0 Å². The Morgan fingerprint density at radius 1 is 0.574 bits per heavy atom. The molecule has 47 heavy (non-hydrogen) atoms. The zero-order valence-electron chi connectivity index (χ0n) is 26.3. The summed E-state index contributed by atoms with van der Waals surface area (Å²) >= 11 is 0. The topological polar surface area (TPSA) is 65.5 Å². The van der Waals surface area contributed by atoms with Gasteiger partial charge in [0, 0.05) is 59.9 Å². The highest BCUT2D eigenvalue weighted by atomic mass is 16.5. The minimum Gasteiger partial charge on any atom is -0.378 e. The van der Waals surface area contributed by atoms with E-state index in [1.165, 1.54) is 11.4 Å². The Morgan fingerprint density at radius 2 is 1.11 bits per heavy atom. The fourth-order valence-corrected chi connectivity index (χ4v) is 6.44. The van der Waals surface area contributed by atoms with Crippen molar-refractivity contribution in [3.8, 4) is 22.4 Å². The van der Waals surface area contributed by atoms with Crippen LogP contribution in [0, 0.1) is 0 Å². The number of amidine groups is 1. The molecule has 0 unspecified atom stereocenters. The summed E-state index contributed by atoms with van der Waals surface area (Å²) in [6, 6.07) is 40.5. The zero-order valence-corrected chi connectivity index (χ0v) is 26.3. The summed E-state index contributed by atoms with van der Waals surface area (Å²) in [4.78, 5) is 18.8. The number of hydrogen-bond acceptors (Lipinski definition) is 5. The summed E-state index contributed by atoms with van der Waals surface area (Å²) < 4.78 is 11.1. The first-order valence-corrected chi connectivity index (χ1v) is 16.4. The lowest BCUT2D eigenvalue weighted by Gasteiger charge is -2.28. The molecular formula is C40H37N5O2. The van der Waals surface area contributed by atoms with Gasteiger partial charge in [0.25, 0.3) is 0 Å². The van der Waals surface area contributed by atoms with E-state index in [0.29, 0.717) is 5.84 Å². The maximum atomic E-state index is 5.54. The van der Waals surface area contributed by atoms with Gasteiger partial charge in [-0.1, -0.05) is 84.9 Å². The predicted octanol–water partition coefficient (Wildman–Crippen LogP) is 7.64. The number of aromatic nitrogens is 1. The Labute approximate surface area is 275 Å². The lowest BCUT2D eigenvalue weighted by molar-refractivity contribution is 0.122. The van der Waals surface area contributed by atoms with E-state index >= 15 is 0 Å². The number of nitrogens with one attached hydrogen (secondary N) is 1. The molecule has 3 aliphatic rings. The molecule has 0 bridgehead atoms. The van der Waals surface area contributed by atoms with E-state index < -0.39 is 0 Å². The maximum Gasteiger partial charge on any atom is 0.162 e. The van der Waals surface area contributed by atoms with Gasteiger partial charge in [0.2, 0.25) is 0 Å². The molecular weight excluding hydrogens is 582 g/mol. The number of nitrogens with zero attached hydrogens (tertiary/aromatic N) is 4. The number of H-pyrrole nitrogens is 1. The van der Waals surface area contributed by atoms with Crippen LogP contribution < -0.4 is 9.80 Å². The summed E-state index contributed by atoms with van der Waals surface area (Å²) in [7, 11) is 0. The Hall–Kier alpha value is -5.24. The second-order valence-electron chi connectivity index (χ2n) is 12.0. The van der Waals surface area contributed by atoms with Crippen molar-refractivity contribution < 1.29 is 9.47 Å². The Kier molecular flexibility index (Phi) is 8.22. The molecule has 0 radical (unpaired) electrons. The van der Waals surface area contributed by atoms with Crippen molar-refractivity contribution in [3.05, 3.63) is 132 Å². The number of rotatable bonds is 7. The van der Waals surface area contributed by atoms with Crippen LogP contribution in [-0.2, 0) is 9.47 Å². The van der Waals surface area contributed by atoms with Crippen molar-refractivity contribution in [1.29, 1.82) is 0 Å². The number of aromatic amines is 1. The molecule has 7 nitrogen and oxygen atoms in total. The molecule has 0 atom stereocenters. The fraction of sp³-hybridized carbons (Fsp3) is 0.200. The minimum atomic E-state index is 0.691. The van der Waals surface area contributed by atoms with E-state index in [4.69, 9.17) is 19.5 Å². The Morgan fingerprint density at radius 3 is 1.68 bits per heavy atom. The zero-order chi connectivity index (χ0) is 31.4. The lowest BCUT2D eigenvalue weighted by Crippen LogP contribution is -2.36. The highest BCUT2D eigenvalue weighted by Crippen LogP contribution is 2.37. The summed E-state index contributed by atoms with van der Waals surface area (Å²) in [5.41, 5.74) is 10.8. The summed E-state index contributed by atoms with van der Waals surface area (Å²) in [5, 5.41) is 0. The van der Waals surface area contributed by atoms with Crippen LogP contribution in [0.3, 0.4) is 0 Å². The van der Waals surface area contributed by atoms with Gasteiger partial charge in [0.05, 0.1) is 32.1 Å². The smallest absolute Gasteiger partial charge is 0.162 e. The molecule has 1 aromatic heterocycles. The van der Waals surface area contributed by atoms with Crippen LogP contribution in [-0.4, -0.2) is 69.1 Å². The first-order chi connectivity index (χ1) is 23.3. The number of aliphatic imine (C=N–C) groups is 2. The van der Waals surface area contributed by atoms with Crippen molar-refractivity contribution in [3.63, 3.8) is 0 Å². The van der Waals surface area contributed by atoms with Gasteiger partial charge in [-0.2, -0.15) is 0 Å². The summed E-state index contributed by atoms with van der Waals surface area (Å²) in [6.45, 7) is 6.73. The third-order valence-corrected chi connectivity index (χ3v) is 9.03. The van der Waals surface area contributed by atoms with E-state index in [1.54, 1.807) is 0 Å². The molecule has 7 heteroatoms. The van der Waals surface area contributed by atoms with E-state index in [-0.39, 0.29) is 0 Å². The van der Waals surface area contributed by atoms with Crippen LogP contribution in [0.15, 0.2) is 131 Å². The predicted molar refractivity (Wildman–Crippen MR) is 192 cm³/mol. The summed E-state index contributed by atoms with van der Waals surface area (Å²) in [6.07, 6.45) is 2.16. The Balaban J connectivity index is 1.17. The highest BCUT2D eigenvalue weighted by molar-refractivity contribution is 6.38. The largest absolute Gasteiger partial charge is 0.378 e. The SMILES string of the molecule is C1=C(c2ccccc2)/C(=N/c2[nH]c(-c3ccc(N4CCOCC4)cc3)cc2-c2ccccc2)N=C1c1ccc(N2CCOCC2)cc1. The molecule has 0 spiro atoms. The molecule has 4 heterocycles. The number of ether oxygens (including phenoxy) is 2. The van der Waals surface area contributed by atoms with Crippen molar-refractivity contribution in [2.45, 2.75) is 0 Å². The molecule has 4 aromatic carbocycles. The van der Waals surface area contributed by atoms with E-state index in [1.807, 2.05) is 12.1 Å². The lowest BCUT2D eigenvalue weighted by atomic mass is 10.0. The van der Waals surface area contributed by atoms with Gasteiger partial charge >= 0.3 is 0 Å². The molecule has 5 aromatic rings. The quantitative estimate of drug-likeness (QED) is 0.203. The molecule has 234 valence electrons. The van der Waals surface area contributed by atoms with Crippen LogP contribution >= 0.6 is 0 Å². The number of morpholine rings is 2. The average Bonchev–Trinajstić information content (AvgIpc) is 3.78. The third-order valence-electron chi connectivity index (χ3n) is 9.03. The highest BCUT2D eigenvalue weighted by Gasteiger charge is 2.22.